The Labute approximate surface area is 135 Å². The second-order valence-corrected chi connectivity index (χ2v) is 7.35. The fourth-order valence-corrected chi connectivity index (χ4v) is 4.67. The van der Waals surface area contributed by atoms with Gasteiger partial charge in [0.2, 0.25) is 0 Å². The molecule has 2 heterocycles. The highest BCUT2D eigenvalue weighted by Crippen LogP contribution is 2.40. The zero-order valence-electron chi connectivity index (χ0n) is 10.4. The van der Waals surface area contributed by atoms with Gasteiger partial charge in [0.15, 0.2) is 0 Å². The summed E-state index contributed by atoms with van der Waals surface area (Å²) in [6.07, 6.45) is 0. The Morgan fingerprint density at radius 1 is 1.25 bits per heavy atom. The van der Waals surface area contributed by atoms with Crippen molar-refractivity contribution < 1.29 is 4.79 Å². The third-order valence-electron chi connectivity index (χ3n) is 3.10. The SMILES string of the molecule is O=C(c1ccc(Cl)c(Cl)c1)N1CCS[C@H]1c1cccs1. The second kappa shape index (κ2) is 5.98. The molecular formula is C14H11Cl2NOS2. The van der Waals surface area contributed by atoms with E-state index >= 15 is 0 Å². The van der Waals surface area contributed by atoms with Crippen LogP contribution in [0.5, 0.6) is 0 Å². The van der Waals surface area contributed by atoms with Crippen LogP contribution in [0.2, 0.25) is 10.0 Å². The minimum atomic E-state index is 0.00645. The number of nitrogens with zero attached hydrogens (tertiary/aromatic N) is 1. The van der Waals surface area contributed by atoms with E-state index in [4.69, 9.17) is 23.2 Å². The average Bonchev–Trinajstić information content (AvgIpc) is 3.10. The molecule has 0 N–H and O–H groups in total. The molecule has 6 heteroatoms. The zero-order valence-corrected chi connectivity index (χ0v) is 13.5. The van der Waals surface area contributed by atoms with Gasteiger partial charge in [-0.3, -0.25) is 4.79 Å². The molecule has 2 aromatic rings. The van der Waals surface area contributed by atoms with Crippen LogP contribution in [0.3, 0.4) is 0 Å². The van der Waals surface area contributed by atoms with Gasteiger partial charge in [0.05, 0.1) is 10.0 Å². The fraction of sp³-hybridized carbons (Fsp3) is 0.214. The predicted octanol–water partition coefficient (Wildman–Crippen LogP) is 4.94. The normalized spacial score (nSPS) is 18.5. The molecule has 0 spiro atoms. The Bertz CT molecular complexity index is 630. The molecule has 20 heavy (non-hydrogen) atoms. The summed E-state index contributed by atoms with van der Waals surface area (Å²) >= 11 is 15.4. The van der Waals surface area contributed by atoms with Crippen molar-refractivity contribution in [1.29, 1.82) is 0 Å². The molecule has 104 valence electrons. The molecule has 1 amide bonds. The maximum absolute atomic E-state index is 12.6. The van der Waals surface area contributed by atoms with Crippen LogP contribution in [0.4, 0.5) is 0 Å². The molecule has 3 rings (SSSR count). The Morgan fingerprint density at radius 3 is 2.80 bits per heavy atom. The van der Waals surface area contributed by atoms with Crippen LogP contribution < -0.4 is 0 Å². The Hall–Kier alpha value is -0.680. The van der Waals surface area contributed by atoms with Gasteiger partial charge >= 0.3 is 0 Å². The molecule has 1 aromatic carbocycles. The molecule has 0 aliphatic carbocycles. The van der Waals surface area contributed by atoms with Gasteiger partial charge < -0.3 is 4.90 Å². The summed E-state index contributed by atoms with van der Waals surface area (Å²) in [5.41, 5.74) is 0.587. The molecular weight excluding hydrogens is 333 g/mol. The van der Waals surface area contributed by atoms with Crippen LogP contribution in [0.25, 0.3) is 0 Å². The summed E-state index contributed by atoms with van der Waals surface area (Å²) in [7, 11) is 0. The minimum Gasteiger partial charge on any atom is -0.321 e. The van der Waals surface area contributed by atoms with Gasteiger partial charge in [-0.1, -0.05) is 29.3 Å². The molecule has 1 fully saturated rings. The standard InChI is InChI=1S/C14H11Cl2NOS2/c15-10-4-3-9(8-11(10)16)13(18)17-5-7-20-14(17)12-2-1-6-19-12/h1-4,6,8,14H,5,7H2/t14-/m0/s1. The lowest BCUT2D eigenvalue weighted by molar-refractivity contribution is 0.0762. The highest BCUT2D eigenvalue weighted by molar-refractivity contribution is 7.99. The van der Waals surface area contributed by atoms with Crippen LogP contribution in [0.1, 0.15) is 20.6 Å². The Morgan fingerprint density at radius 2 is 2.10 bits per heavy atom. The number of hydrogen-bond acceptors (Lipinski definition) is 3. The van der Waals surface area contributed by atoms with Gasteiger partial charge in [-0.15, -0.1) is 23.1 Å². The van der Waals surface area contributed by atoms with Crippen LogP contribution in [0, 0.1) is 0 Å². The fourth-order valence-electron chi connectivity index (χ4n) is 2.14. The summed E-state index contributed by atoms with van der Waals surface area (Å²) in [5.74, 6) is 0.960. The highest BCUT2D eigenvalue weighted by Gasteiger charge is 2.31. The van der Waals surface area contributed by atoms with E-state index in [1.165, 1.54) is 4.88 Å². The van der Waals surface area contributed by atoms with Gasteiger partial charge in [-0.2, -0.15) is 0 Å². The van der Waals surface area contributed by atoms with Gasteiger partial charge in [-0.05, 0) is 29.6 Å². The van der Waals surface area contributed by atoms with Crippen molar-refractivity contribution in [2.75, 3.05) is 12.3 Å². The zero-order chi connectivity index (χ0) is 14.1. The van der Waals surface area contributed by atoms with Crippen molar-refractivity contribution in [3.05, 3.63) is 56.2 Å². The topological polar surface area (TPSA) is 20.3 Å². The first kappa shape index (κ1) is 14.3. The van der Waals surface area contributed by atoms with Crippen LogP contribution in [-0.2, 0) is 0 Å². The Kier molecular flexibility index (Phi) is 4.26. The average molecular weight is 344 g/mol. The molecule has 1 aliphatic heterocycles. The van der Waals surface area contributed by atoms with Crippen molar-refractivity contribution in [3.63, 3.8) is 0 Å². The minimum absolute atomic E-state index is 0.00645. The molecule has 0 unspecified atom stereocenters. The van der Waals surface area contributed by atoms with Crippen LogP contribution >= 0.6 is 46.3 Å². The number of carbonyl (C=O) groups is 1. The molecule has 2 nitrogen and oxygen atoms in total. The quantitative estimate of drug-likeness (QED) is 0.769. The molecule has 1 aromatic heterocycles. The van der Waals surface area contributed by atoms with Crippen molar-refractivity contribution in [1.82, 2.24) is 4.90 Å². The van der Waals surface area contributed by atoms with E-state index in [0.717, 1.165) is 12.3 Å². The van der Waals surface area contributed by atoms with Gasteiger partial charge in [0.1, 0.15) is 5.37 Å². The van der Waals surface area contributed by atoms with Gasteiger partial charge in [0, 0.05) is 22.7 Å². The monoisotopic (exact) mass is 343 g/mol. The lowest BCUT2D eigenvalue weighted by Gasteiger charge is -2.23. The first-order chi connectivity index (χ1) is 9.66. The maximum atomic E-state index is 12.6. The van der Waals surface area contributed by atoms with E-state index in [2.05, 4.69) is 6.07 Å². The smallest absolute Gasteiger partial charge is 0.255 e. The number of benzene rings is 1. The third kappa shape index (κ3) is 2.70. The first-order valence-electron chi connectivity index (χ1n) is 6.08. The number of carbonyl (C=O) groups excluding carboxylic acids is 1. The number of thiophene rings is 1. The third-order valence-corrected chi connectivity index (χ3v) is 6.16. The first-order valence-corrected chi connectivity index (χ1v) is 8.76. The summed E-state index contributed by atoms with van der Waals surface area (Å²) in [6.45, 7) is 0.756. The summed E-state index contributed by atoms with van der Waals surface area (Å²) in [5, 5.41) is 3.03. The lowest BCUT2D eigenvalue weighted by Crippen LogP contribution is -2.30. The van der Waals surface area contributed by atoms with E-state index in [-0.39, 0.29) is 11.3 Å². The summed E-state index contributed by atoms with van der Waals surface area (Å²) in [6, 6.07) is 9.12. The van der Waals surface area contributed by atoms with Crippen LogP contribution in [-0.4, -0.2) is 23.1 Å². The van der Waals surface area contributed by atoms with Crippen molar-refractivity contribution in [3.8, 4) is 0 Å². The largest absolute Gasteiger partial charge is 0.321 e. The number of hydrogen-bond donors (Lipinski definition) is 0. The molecule has 1 saturated heterocycles. The Balaban J connectivity index is 1.87. The maximum Gasteiger partial charge on any atom is 0.255 e. The van der Waals surface area contributed by atoms with Crippen molar-refractivity contribution in [2.24, 2.45) is 0 Å². The van der Waals surface area contributed by atoms with E-state index in [0.29, 0.717) is 15.6 Å². The predicted molar refractivity (Wildman–Crippen MR) is 87.0 cm³/mol. The van der Waals surface area contributed by atoms with E-state index in [9.17, 15) is 4.79 Å². The molecule has 0 radical (unpaired) electrons. The number of rotatable bonds is 2. The number of amides is 1. The van der Waals surface area contributed by atoms with Crippen LogP contribution in [0.15, 0.2) is 35.7 Å². The lowest BCUT2D eigenvalue weighted by atomic mass is 10.2. The molecule has 1 aliphatic rings. The summed E-state index contributed by atoms with van der Waals surface area (Å²) < 4.78 is 0. The number of thioether (sulfide) groups is 1. The van der Waals surface area contributed by atoms with E-state index < -0.39 is 0 Å². The molecule has 1 atom stereocenters. The highest BCUT2D eigenvalue weighted by atomic mass is 35.5. The molecule has 0 bridgehead atoms. The van der Waals surface area contributed by atoms with Gasteiger partial charge in [-0.25, -0.2) is 0 Å². The van der Waals surface area contributed by atoms with Crippen molar-refractivity contribution in [2.45, 2.75) is 5.37 Å². The molecule has 0 saturated carbocycles. The van der Waals surface area contributed by atoms with E-state index in [1.807, 2.05) is 16.3 Å². The van der Waals surface area contributed by atoms with E-state index in [1.54, 1.807) is 41.3 Å². The second-order valence-electron chi connectivity index (χ2n) is 4.37. The summed E-state index contributed by atoms with van der Waals surface area (Å²) in [4.78, 5) is 15.7. The van der Waals surface area contributed by atoms with Gasteiger partial charge in [0.25, 0.3) is 5.91 Å². The number of halogens is 2. The van der Waals surface area contributed by atoms with Crippen molar-refractivity contribution >= 4 is 52.2 Å².